The second-order valence-corrected chi connectivity index (χ2v) is 5.72. The average Bonchev–Trinajstić information content (AvgIpc) is 2.38. The van der Waals surface area contributed by atoms with Crippen LogP contribution in [0.1, 0.15) is 35.2 Å². The summed E-state index contributed by atoms with van der Waals surface area (Å²) in [7, 11) is 0. The minimum atomic E-state index is 0. The minimum absolute atomic E-state index is 0. The van der Waals surface area contributed by atoms with Crippen LogP contribution in [0.4, 0.5) is 0 Å². The summed E-state index contributed by atoms with van der Waals surface area (Å²) < 4.78 is 0.869. The van der Waals surface area contributed by atoms with Crippen molar-refractivity contribution in [3.05, 3.63) is 33.8 Å². The van der Waals surface area contributed by atoms with E-state index < -0.39 is 0 Å². The quantitative estimate of drug-likeness (QED) is 0.893. The Morgan fingerprint density at radius 2 is 2.21 bits per heavy atom. The number of carbonyl (C=O) groups is 1. The van der Waals surface area contributed by atoms with Gasteiger partial charge in [-0.3, -0.25) is 4.79 Å². The number of nitrogens with zero attached hydrogens (tertiary/aromatic N) is 1. The van der Waals surface area contributed by atoms with Crippen LogP contribution < -0.4 is 5.73 Å². The number of aryl methyl sites for hydroxylation is 1. The number of hydrogen-bond donors (Lipinski definition) is 1. The fourth-order valence-electron chi connectivity index (χ4n) is 2.46. The van der Waals surface area contributed by atoms with E-state index >= 15 is 0 Å². The Morgan fingerprint density at radius 3 is 2.84 bits per heavy atom. The smallest absolute Gasteiger partial charge is 0.255 e. The lowest BCUT2D eigenvalue weighted by atomic mass is 10.0. The summed E-state index contributed by atoms with van der Waals surface area (Å²) >= 11 is 3.48. The molecule has 1 unspecified atom stereocenters. The largest absolute Gasteiger partial charge is 0.334 e. The van der Waals surface area contributed by atoms with E-state index in [0.29, 0.717) is 6.54 Å². The van der Waals surface area contributed by atoms with Crippen molar-refractivity contribution in [1.29, 1.82) is 0 Å². The molecule has 1 aliphatic heterocycles. The third-order valence-electron chi connectivity index (χ3n) is 3.52. The maximum absolute atomic E-state index is 12.5. The molecule has 1 amide bonds. The Balaban J connectivity index is 0.00000180. The molecule has 3 nitrogen and oxygen atoms in total. The average molecular weight is 348 g/mol. The first-order valence-electron chi connectivity index (χ1n) is 6.40. The molecule has 1 fully saturated rings. The Labute approximate surface area is 129 Å². The number of nitrogens with two attached hydrogens (primary N) is 1. The normalized spacial score (nSPS) is 18.9. The number of rotatable bonds is 2. The molecular formula is C14H20BrClN2O. The summed E-state index contributed by atoms with van der Waals surface area (Å²) in [5, 5.41) is 0. The molecule has 1 saturated heterocycles. The lowest BCUT2D eigenvalue weighted by Gasteiger charge is -2.35. The van der Waals surface area contributed by atoms with Gasteiger partial charge in [0.1, 0.15) is 0 Å². The predicted molar refractivity (Wildman–Crippen MR) is 83.9 cm³/mol. The predicted octanol–water partition coefficient (Wildman–Crippen LogP) is 3.13. The standard InChI is InChI=1S/C14H19BrN2O.ClH/c1-10-5-6-12(13(15)8-10)14(18)17-7-3-2-4-11(17)9-16;/h5-6,8,11H,2-4,7,9,16H2,1H3;1H. The zero-order valence-electron chi connectivity index (χ0n) is 11.1. The molecule has 5 heteroatoms. The Hall–Kier alpha value is -0.580. The van der Waals surface area contributed by atoms with Gasteiger partial charge < -0.3 is 10.6 Å². The van der Waals surface area contributed by atoms with Crippen LogP contribution in [-0.2, 0) is 0 Å². The highest BCUT2D eigenvalue weighted by atomic mass is 79.9. The number of hydrogen-bond acceptors (Lipinski definition) is 2. The van der Waals surface area contributed by atoms with E-state index in [1.54, 1.807) is 0 Å². The molecule has 0 aromatic heterocycles. The summed E-state index contributed by atoms with van der Waals surface area (Å²) in [4.78, 5) is 14.5. The molecule has 0 aliphatic carbocycles. The van der Waals surface area contributed by atoms with Crippen LogP contribution in [0.2, 0.25) is 0 Å². The van der Waals surface area contributed by atoms with Crippen LogP contribution in [0.3, 0.4) is 0 Å². The van der Waals surface area contributed by atoms with Crippen LogP contribution in [0.5, 0.6) is 0 Å². The molecule has 1 aromatic carbocycles. The summed E-state index contributed by atoms with van der Waals surface area (Å²) in [5.41, 5.74) is 7.65. The van der Waals surface area contributed by atoms with E-state index in [2.05, 4.69) is 15.9 Å². The summed E-state index contributed by atoms with van der Waals surface area (Å²) in [6.07, 6.45) is 3.26. The van der Waals surface area contributed by atoms with Gasteiger partial charge in [0.15, 0.2) is 0 Å². The lowest BCUT2D eigenvalue weighted by molar-refractivity contribution is 0.0622. The Bertz CT molecular complexity index is 453. The first-order valence-corrected chi connectivity index (χ1v) is 7.20. The summed E-state index contributed by atoms with van der Waals surface area (Å²) in [5.74, 6) is 0.0945. The monoisotopic (exact) mass is 346 g/mol. The van der Waals surface area contributed by atoms with Crippen LogP contribution in [-0.4, -0.2) is 29.9 Å². The zero-order chi connectivity index (χ0) is 13.1. The summed E-state index contributed by atoms with van der Waals surface area (Å²) in [6, 6.07) is 6.04. The van der Waals surface area contributed by atoms with E-state index in [9.17, 15) is 4.79 Å². The highest BCUT2D eigenvalue weighted by Gasteiger charge is 2.27. The van der Waals surface area contributed by atoms with Crippen LogP contribution in [0, 0.1) is 6.92 Å². The molecule has 1 heterocycles. The van der Waals surface area contributed by atoms with E-state index in [0.717, 1.165) is 35.0 Å². The number of amides is 1. The van der Waals surface area contributed by atoms with Gasteiger partial charge in [0.2, 0.25) is 0 Å². The first-order chi connectivity index (χ1) is 8.63. The van der Waals surface area contributed by atoms with Crippen molar-refractivity contribution in [2.45, 2.75) is 32.2 Å². The second kappa shape index (κ2) is 7.27. The van der Waals surface area contributed by atoms with E-state index in [-0.39, 0.29) is 24.4 Å². The SMILES string of the molecule is Cc1ccc(C(=O)N2CCCCC2CN)c(Br)c1.Cl. The van der Waals surface area contributed by atoms with Crippen LogP contribution in [0.15, 0.2) is 22.7 Å². The molecule has 1 aliphatic rings. The van der Waals surface area contributed by atoms with Gasteiger partial charge in [-0.05, 0) is 59.8 Å². The van der Waals surface area contributed by atoms with Gasteiger partial charge >= 0.3 is 0 Å². The zero-order valence-corrected chi connectivity index (χ0v) is 13.5. The van der Waals surface area contributed by atoms with Crippen LogP contribution >= 0.6 is 28.3 Å². The fraction of sp³-hybridized carbons (Fsp3) is 0.500. The number of piperidine rings is 1. The minimum Gasteiger partial charge on any atom is -0.334 e. The molecule has 106 valence electrons. The van der Waals surface area contributed by atoms with Gasteiger partial charge in [0.05, 0.1) is 5.56 Å². The van der Waals surface area contributed by atoms with Gasteiger partial charge in [-0.25, -0.2) is 0 Å². The third-order valence-corrected chi connectivity index (χ3v) is 4.17. The molecule has 1 aromatic rings. The van der Waals surface area contributed by atoms with Crippen molar-refractivity contribution in [2.24, 2.45) is 5.73 Å². The van der Waals surface area contributed by atoms with Crippen molar-refractivity contribution in [2.75, 3.05) is 13.1 Å². The molecule has 0 radical (unpaired) electrons. The number of benzene rings is 1. The number of carbonyl (C=O) groups excluding carboxylic acids is 1. The van der Waals surface area contributed by atoms with Gasteiger partial charge in [-0.2, -0.15) is 0 Å². The summed E-state index contributed by atoms with van der Waals surface area (Å²) in [6.45, 7) is 3.39. The molecular weight excluding hydrogens is 328 g/mol. The van der Waals surface area contributed by atoms with Crippen molar-refractivity contribution < 1.29 is 4.79 Å². The van der Waals surface area contributed by atoms with Crippen molar-refractivity contribution >= 4 is 34.2 Å². The van der Waals surface area contributed by atoms with Gasteiger partial charge in [0, 0.05) is 23.6 Å². The van der Waals surface area contributed by atoms with E-state index in [1.165, 1.54) is 6.42 Å². The van der Waals surface area contributed by atoms with Crippen molar-refractivity contribution in [1.82, 2.24) is 4.90 Å². The lowest BCUT2D eigenvalue weighted by Crippen LogP contribution is -2.47. The highest BCUT2D eigenvalue weighted by molar-refractivity contribution is 9.10. The highest BCUT2D eigenvalue weighted by Crippen LogP contribution is 2.24. The van der Waals surface area contributed by atoms with Gasteiger partial charge in [0.25, 0.3) is 5.91 Å². The second-order valence-electron chi connectivity index (χ2n) is 4.87. The first kappa shape index (κ1) is 16.5. The van der Waals surface area contributed by atoms with Crippen molar-refractivity contribution in [3.8, 4) is 0 Å². The molecule has 0 spiro atoms. The molecule has 2 rings (SSSR count). The number of halogens is 2. The molecule has 0 saturated carbocycles. The van der Waals surface area contributed by atoms with Crippen LogP contribution in [0.25, 0.3) is 0 Å². The van der Waals surface area contributed by atoms with E-state index in [4.69, 9.17) is 5.73 Å². The molecule has 2 N–H and O–H groups in total. The fourth-order valence-corrected chi connectivity index (χ4v) is 3.12. The molecule has 19 heavy (non-hydrogen) atoms. The van der Waals surface area contributed by atoms with Gasteiger partial charge in [-0.15, -0.1) is 12.4 Å². The number of likely N-dealkylation sites (tertiary alicyclic amines) is 1. The topological polar surface area (TPSA) is 46.3 Å². The maximum atomic E-state index is 12.5. The Kier molecular flexibility index (Phi) is 6.30. The maximum Gasteiger partial charge on any atom is 0.255 e. The molecule has 0 bridgehead atoms. The van der Waals surface area contributed by atoms with Crippen molar-refractivity contribution in [3.63, 3.8) is 0 Å². The van der Waals surface area contributed by atoms with Gasteiger partial charge in [-0.1, -0.05) is 6.07 Å². The Morgan fingerprint density at radius 1 is 1.47 bits per heavy atom. The van der Waals surface area contributed by atoms with E-state index in [1.807, 2.05) is 30.0 Å². The third kappa shape index (κ3) is 3.71. The molecule has 1 atom stereocenters.